The number of benzene rings is 3. The maximum absolute atomic E-state index is 14.0. The average Bonchev–Trinajstić information content (AvgIpc) is 3.39. The van der Waals surface area contributed by atoms with Crippen LogP contribution < -0.4 is 10.6 Å². The fourth-order valence-electron chi connectivity index (χ4n) is 5.93. The van der Waals surface area contributed by atoms with Gasteiger partial charge in [0.2, 0.25) is 0 Å². The predicted octanol–water partition coefficient (Wildman–Crippen LogP) is 9.25. The van der Waals surface area contributed by atoms with Crippen LogP contribution in [-0.4, -0.2) is 27.6 Å². The number of rotatable bonds is 5. The summed E-state index contributed by atoms with van der Waals surface area (Å²) in [6.07, 6.45) is 5.66. The third-order valence-electron chi connectivity index (χ3n) is 8.73. The molecule has 0 fully saturated rings. The molecule has 0 saturated heterocycles. The highest BCUT2D eigenvalue weighted by Gasteiger charge is 2.25. The van der Waals surface area contributed by atoms with Gasteiger partial charge in [0.1, 0.15) is 0 Å². The molecule has 0 atom stereocenters. The van der Waals surface area contributed by atoms with Gasteiger partial charge in [-0.2, -0.15) is 0 Å². The number of aromatic amines is 1. The van der Waals surface area contributed by atoms with Crippen LogP contribution in [0.5, 0.6) is 0 Å². The second-order valence-corrected chi connectivity index (χ2v) is 20.4. The van der Waals surface area contributed by atoms with E-state index < -0.39 is 8.07 Å². The van der Waals surface area contributed by atoms with Gasteiger partial charge < -0.3 is 4.98 Å². The summed E-state index contributed by atoms with van der Waals surface area (Å²) < 4.78 is 2.11. The van der Waals surface area contributed by atoms with Gasteiger partial charge in [-0.05, 0) is 63.5 Å². The fourth-order valence-corrected chi connectivity index (χ4v) is 6.97. The van der Waals surface area contributed by atoms with Gasteiger partial charge in [-0.1, -0.05) is 104 Å². The highest BCUT2D eigenvalue weighted by molar-refractivity contribution is 6.88. The zero-order valence-corrected chi connectivity index (χ0v) is 29.5. The van der Waals surface area contributed by atoms with Crippen LogP contribution in [0, 0.1) is 0 Å². The van der Waals surface area contributed by atoms with E-state index in [1.807, 2.05) is 24.4 Å². The van der Waals surface area contributed by atoms with Crippen molar-refractivity contribution in [1.29, 1.82) is 0 Å². The average molecular weight is 625 g/mol. The Kier molecular flexibility index (Phi) is 7.76. The summed E-state index contributed by atoms with van der Waals surface area (Å²) >= 11 is 0. The maximum atomic E-state index is 14.0. The van der Waals surface area contributed by atoms with E-state index in [9.17, 15) is 4.79 Å². The Labute approximate surface area is 273 Å². The molecule has 0 aliphatic rings. The molecule has 234 valence electrons. The number of imidazole rings is 1. The van der Waals surface area contributed by atoms with E-state index in [0.29, 0.717) is 11.4 Å². The molecule has 46 heavy (non-hydrogen) atoms. The second kappa shape index (κ2) is 11.4. The lowest BCUT2D eigenvalue weighted by Crippen LogP contribution is -2.37. The van der Waals surface area contributed by atoms with Gasteiger partial charge in [-0.3, -0.25) is 14.3 Å². The predicted molar refractivity (Wildman–Crippen MR) is 196 cm³/mol. The summed E-state index contributed by atoms with van der Waals surface area (Å²) in [6, 6.07) is 27.7. The van der Waals surface area contributed by atoms with Gasteiger partial charge in [0.05, 0.1) is 30.4 Å². The Bertz CT molecular complexity index is 2100. The number of nitrogens with zero attached hydrogens (tertiary/aromatic N) is 3. The van der Waals surface area contributed by atoms with Gasteiger partial charge in [0.15, 0.2) is 11.3 Å². The Hall–Kier alpha value is -4.55. The minimum absolute atomic E-state index is 0.00913. The third kappa shape index (κ3) is 5.90. The van der Waals surface area contributed by atoms with Gasteiger partial charge in [-0.15, -0.1) is 0 Å². The topological polar surface area (TPSA) is 63.6 Å². The first-order valence-electron chi connectivity index (χ1n) is 16.0. The monoisotopic (exact) mass is 624 g/mol. The molecular weight excluding hydrogens is 581 g/mol. The molecule has 3 heterocycles. The number of aromatic nitrogens is 4. The number of fused-ring (bicyclic) bond motifs is 1. The van der Waals surface area contributed by atoms with Crippen LogP contribution in [0.25, 0.3) is 50.5 Å². The Morgan fingerprint density at radius 1 is 0.739 bits per heavy atom. The van der Waals surface area contributed by atoms with Crippen LogP contribution >= 0.6 is 0 Å². The first kappa shape index (κ1) is 31.4. The third-order valence-corrected chi connectivity index (χ3v) is 10.8. The molecule has 0 aliphatic heterocycles. The molecule has 0 amide bonds. The molecule has 0 unspecified atom stereocenters. The molecule has 0 bridgehead atoms. The molecule has 6 heteroatoms. The first-order valence-corrected chi connectivity index (χ1v) is 19.5. The summed E-state index contributed by atoms with van der Waals surface area (Å²) in [4.78, 5) is 27.5. The molecule has 1 N–H and O–H groups in total. The zero-order valence-electron chi connectivity index (χ0n) is 28.5. The quantitative estimate of drug-likeness (QED) is 0.195. The van der Waals surface area contributed by atoms with Crippen LogP contribution in [0.4, 0.5) is 0 Å². The molecule has 5 nitrogen and oxygen atoms in total. The molecule has 0 radical (unpaired) electrons. The van der Waals surface area contributed by atoms with E-state index >= 15 is 0 Å². The molecule has 6 rings (SSSR count). The molecule has 0 saturated carbocycles. The summed E-state index contributed by atoms with van der Waals surface area (Å²) in [5.41, 5.74) is 8.98. The van der Waals surface area contributed by atoms with Gasteiger partial charge in [-0.25, -0.2) is 4.98 Å². The first-order chi connectivity index (χ1) is 21.6. The van der Waals surface area contributed by atoms with Gasteiger partial charge >= 0.3 is 0 Å². The smallest absolute Gasteiger partial charge is 0.196 e. The van der Waals surface area contributed by atoms with E-state index in [1.54, 1.807) is 6.20 Å². The SMILES string of the molecule is CC(C)(C)c1cc(-c2ccc([Si](C)(C)C)cn2)cc(-c2cccc3c2nc(-c2c[nH]cc(C(C)(C)C)c2=O)n3-c2ccccc2)c1. The van der Waals surface area contributed by atoms with E-state index in [1.165, 1.54) is 10.8 Å². The van der Waals surface area contributed by atoms with E-state index in [2.05, 4.69) is 138 Å². The van der Waals surface area contributed by atoms with Gasteiger partial charge in [0.25, 0.3) is 0 Å². The number of H-pyrrole nitrogens is 1. The molecular formula is C40H44N4OSi. The summed E-state index contributed by atoms with van der Waals surface area (Å²) in [7, 11) is -1.47. The Balaban J connectivity index is 1.62. The second-order valence-electron chi connectivity index (χ2n) is 15.4. The van der Waals surface area contributed by atoms with Crippen molar-refractivity contribution in [1.82, 2.24) is 19.5 Å². The van der Waals surface area contributed by atoms with Crippen molar-refractivity contribution in [2.45, 2.75) is 72.0 Å². The van der Waals surface area contributed by atoms with Crippen LogP contribution in [0.1, 0.15) is 52.7 Å². The fraction of sp³-hybridized carbons (Fsp3) is 0.275. The summed E-state index contributed by atoms with van der Waals surface area (Å²) in [5, 5.41) is 1.35. The zero-order chi connectivity index (χ0) is 33.0. The van der Waals surface area contributed by atoms with Crippen molar-refractivity contribution in [3.05, 3.63) is 119 Å². The van der Waals surface area contributed by atoms with E-state index in [0.717, 1.165) is 44.7 Å². The van der Waals surface area contributed by atoms with Crippen LogP contribution in [0.3, 0.4) is 0 Å². The van der Waals surface area contributed by atoms with E-state index in [-0.39, 0.29) is 16.3 Å². The Morgan fingerprint density at radius 3 is 2.09 bits per heavy atom. The highest BCUT2D eigenvalue weighted by atomic mass is 28.3. The van der Waals surface area contributed by atoms with Crippen molar-refractivity contribution in [2.75, 3.05) is 0 Å². The summed E-state index contributed by atoms with van der Waals surface area (Å²) in [5.74, 6) is 0.622. The minimum atomic E-state index is -1.47. The molecule has 0 aliphatic carbocycles. The summed E-state index contributed by atoms with van der Waals surface area (Å²) in [6.45, 7) is 20.0. The molecule has 3 aromatic heterocycles. The van der Waals surface area contributed by atoms with Crippen molar-refractivity contribution in [3.63, 3.8) is 0 Å². The van der Waals surface area contributed by atoms with Crippen LogP contribution in [0.2, 0.25) is 19.6 Å². The maximum Gasteiger partial charge on any atom is 0.196 e. The number of hydrogen-bond acceptors (Lipinski definition) is 3. The number of nitrogens with one attached hydrogen (secondary N) is 1. The largest absolute Gasteiger partial charge is 0.366 e. The lowest BCUT2D eigenvalue weighted by atomic mass is 9.83. The number of pyridine rings is 2. The lowest BCUT2D eigenvalue weighted by molar-refractivity contribution is 0.583. The van der Waals surface area contributed by atoms with Crippen LogP contribution in [-0.2, 0) is 10.8 Å². The van der Waals surface area contributed by atoms with Crippen molar-refractivity contribution >= 4 is 24.3 Å². The number of para-hydroxylation sites is 2. The van der Waals surface area contributed by atoms with E-state index in [4.69, 9.17) is 9.97 Å². The van der Waals surface area contributed by atoms with Crippen molar-refractivity contribution in [2.24, 2.45) is 0 Å². The normalized spacial score (nSPS) is 12.5. The standard InChI is InChI=1S/C40H44N4OSi/c1-39(2,3)28-21-26(20-27(22-28)34-19-18-30(23-42-34)46(7,8)9)31-16-13-17-35-36(31)43-38(44(35)29-14-11-10-12-15-29)32-24-41-25-33(37(32)45)40(4,5)6/h10-25H,1-9H3,(H,41,45). The number of hydrogen-bond donors (Lipinski definition) is 1. The van der Waals surface area contributed by atoms with Crippen molar-refractivity contribution in [3.8, 4) is 39.5 Å². The highest BCUT2D eigenvalue weighted by Crippen LogP contribution is 2.38. The van der Waals surface area contributed by atoms with Gasteiger partial charge in [0, 0.05) is 41.0 Å². The van der Waals surface area contributed by atoms with Crippen molar-refractivity contribution < 1.29 is 0 Å². The molecule has 3 aromatic carbocycles. The van der Waals surface area contributed by atoms with Crippen LogP contribution in [0.15, 0.2) is 102 Å². The minimum Gasteiger partial charge on any atom is -0.366 e. The molecule has 6 aromatic rings. The molecule has 0 spiro atoms. The Morgan fingerprint density at radius 2 is 1.46 bits per heavy atom. The lowest BCUT2D eigenvalue weighted by Gasteiger charge is -2.22.